The minimum atomic E-state index is -0.218. The lowest BCUT2D eigenvalue weighted by atomic mass is 9.92. The lowest BCUT2D eigenvalue weighted by Crippen LogP contribution is -2.30. The third-order valence-electron chi connectivity index (χ3n) is 1.93. The van der Waals surface area contributed by atoms with Crippen LogP contribution in [0.3, 0.4) is 0 Å². The van der Waals surface area contributed by atoms with Gasteiger partial charge in [-0.1, -0.05) is 5.98 Å². The van der Waals surface area contributed by atoms with Crippen molar-refractivity contribution in [3.63, 3.8) is 0 Å². The van der Waals surface area contributed by atoms with Gasteiger partial charge in [-0.2, -0.15) is 0 Å². The van der Waals surface area contributed by atoms with Crippen LogP contribution < -0.4 is 0 Å². The molecule has 1 atom stereocenters. The Hall–Kier alpha value is -0.275. The van der Waals surface area contributed by atoms with E-state index in [2.05, 4.69) is 6.58 Å². The number of hydrogen-bond acceptors (Lipinski definition) is 2. The van der Waals surface area contributed by atoms with Gasteiger partial charge in [0.2, 0.25) is 0 Å². The van der Waals surface area contributed by atoms with Gasteiger partial charge >= 0.3 is 7.12 Å². The molecule has 0 aliphatic carbocycles. The zero-order valence-electron chi connectivity index (χ0n) is 6.76. The highest BCUT2D eigenvalue weighted by atomic mass is 16.7. The summed E-state index contributed by atoms with van der Waals surface area (Å²) in [4.78, 5) is 0. The highest BCUT2D eigenvalue weighted by Crippen LogP contribution is 2.26. The normalized spacial score (nSPS) is 30.7. The standard InChI is InChI=1S/C7H13BO2/c1-5-8-9-6(2)7(3,4)10-8/h5-6H,1H2,2-4H3. The average molecular weight is 140 g/mol. The highest BCUT2D eigenvalue weighted by molar-refractivity contribution is 6.51. The molecule has 1 heterocycles. The molecule has 1 unspecified atom stereocenters. The van der Waals surface area contributed by atoms with Crippen LogP contribution in [0.4, 0.5) is 0 Å². The molecule has 0 amide bonds. The van der Waals surface area contributed by atoms with Crippen LogP contribution >= 0.6 is 0 Å². The molecule has 0 N–H and O–H groups in total. The van der Waals surface area contributed by atoms with Gasteiger partial charge in [0.1, 0.15) is 0 Å². The minimum absolute atomic E-state index is 0.149. The molecule has 0 aromatic heterocycles. The Kier molecular flexibility index (Phi) is 1.88. The maximum absolute atomic E-state index is 5.47. The largest absolute Gasteiger partial charge is 0.486 e. The SMILES string of the molecule is C=CB1OC(C)C(C)(C)O1. The molecule has 10 heavy (non-hydrogen) atoms. The van der Waals surface area contributed by atoms with E-state index < -0.39 is 0 Å². The quantitative estimate of drug-likeness (QED) is 0.512. The summed E-state index contributed by atoms with van der Waals surface area (Å²) >= 11 is 0. The fourth-order valence-corrected chi connectivity index (χ4v) is 0.892. The van der Waals surface area contributed by atoms with E-state index in [1.807, 2.05) is 20.8 Å². The first kappa shape index (κ1) is 7.83. The summed E-state index contributed by atoms with van der Waals surface area (Å²) in [7, 11) is -0.218. The first-order chi connectivity index (χ1) is 4.56. The topological polar surface area (TPSA) is 18.5 Å². The Morgan fingerprint density at radius 1 is 1.60 bits per heavy atom. The molecule has 0 aromatic carbocycles. The van der Waals surface area contributed by atoms with E-state index in [0.717, 1.165) is 0 Å². The summed E-state index contributed by atoms with van der Waals surface area (Å²) in [5, 5.41) is 0. The highest BCUT2D eigenvalue weighted by Gasteiger charge is 2.40. The van der Waals surface area contributed by atoms with E-state index in [0.29, 0.717) is 0 Å². The zero-order valence-corrected chi connectivity index (χ0v) is 6.76. The van der Waals surface area contributed by atoms with Crippen molar-refractivity contribution in [3.05, 3.63) is 12.6 Å². The Morgan fingerprint density at radius 2 is 2.20 bits per heavy atom. The van der Waals surface area contributed by atoms with Crippen LogP contribution in [0.15, 0.2) is 12.6 Å². The minimum Gasteiger partial charge on any atom is -0.402 e. The molecule has 1 aliphatic rings. The molecule has 0 bridgehead atoms. The van der Waals surface area contributed by atoms with Gasteiger partial charge in [0.15, 0.2) is 0 Å². The lowest BCUT2D eigenvalue weighted by molar-refractivity contribution is 0.0842. The smallest absolute Gasteiger partial charge is 0.402 e. The molecular formula is C7H13BO2. The Morgan fingerprint density at radius 3 is 2.40 bits per heavy atom. The van der Waals surface area contributed by atoms with Gasteiger partial charge < -0.3 is 9.31 Å². The van der Waals surface area contributed by atoms with E-state index in [1.54, 1.807) is 5.98 Å². The average Bonchev–Trinajstić information content (AvgIpc) is 2.08. The van der Waals surface area contributed by atoms with Gasteiger partial charge in [0, 0.05) is 0 Å². The zero-order chi connectivity index (χ0) is 7.78. The number of hydrogen-bond donors (Lipinski definition) is 0. The van der Waals surface area contributed by atoms with Crippen molar-refractivity contribution in [2.24, 2.45) is 0 Å². The second kappa shape index (κ2) is 2.40. The summed E-state index contributed by atoms with van der Waals surface area (Å²) in [6.07, 6.45) is 0.149. The first-order valence-electron chi connectivity index (χ1n) is 3.52. The van der Waals surface area contributed by atoms with Gasteiger partial charge in [0.25, 0.3) is 0 Å². The van der Waals surface area contributed by atoms with Crippen molar-refractivity contribution in [2.75, 3.05) is 0 Å². The maximum Gasteiger partial charge on any atom is 0.486 e. The third kappa shape index (κ3) is 1.25. The predicted octanol–water partition coefficient (Wildman–Crippen LogP) is 1.41. The van der Waals surface area contributed by atoms with Gasteiger partial charge in [-0.15, -0.1) is 6.58 Å². The lowest BCUT2D eigenvalue weighted by Gasteiger charge is -2.21. The summed E-state index contributed by atoms with van der Waals surface area (Å²) < 4.78 is 10.9. The molecule has 0 spiro atoms. The Balaban J connectivity index is 2.61. The van der Waals surface area contributed by atoms with E-state index >= 15 is 0 Å². The second-order valence-corrected chi connectivity index (χ2v) is 3.10. The molecular weight excluding hydrogens is 127 g/mol. The molecule has 1 saturated heterocycles. The van der Waals surface area contributed by atoms with Crippen molar-refractivity contribution in [2.45, 2.75) is 32.5 Å². The fraction of sp³-hybridized carbons (Fsp3) is 0.714. The fourth-order valence-electron chi connectivity index (χ4n) is 0.892. The van der Waals surface area contributed by atoms with Crippen LogP contribution in [0.25, 0.3) is 0 Å². The van der Waals surface area contributed by atoms with Crippen molar-refractivity contribution in [3.8, 4) is 0 Å². The van der Waals surface area contributed by atoms with Crippen LogP contribution in [-0.4, -0.2) is 18.8 Å². The molecule has 1 rings (SSSR count). The third-order valence-corrected chi connectivity index (χ3v) is 1.93. The van der Waals surface area contributed by atoms with Crippen LogP contribution in [0, 0.1) is 0 Å². The molecule has 1 fully saturated rings. The molecule has 1 aliphatic heterocycles. The molecule has 0 aromatic rings. The summed E-state index contributed by atoms with van der Waals surface area (Å²) in [5.41, 5.74) is -0.168. The van der Waals surface area contributed by atoms with Crippen LogP contribution in [0.1, 0.15) is 20.8 Å². The van der Waals surface area contributed by atoms with Crippen molar-refractivity contribution < 1.29 is 9.31 Å². The van der Waals surface area contributed by atoms with Crippen LogP contribution in [-0.2, 0) is 9.31 Å². The van der Waals surface area contributed by atoms with E-state index in [1.165, 1.54) is 0 Å². The van der Waals surface area contributed by atoms with Crippen molar-refractivity contribution in [1.29, 1.82) is 0 Å². The number of rotatable bonds is 1. The Bertz CT molecular complexity index is 145. The maximum atomic E-state index is 5.47. The van der Waals surface area contributed by atoms with Crippen LogP contribution in [0.2, 0.25) is 0 Å². The monoisotopic (exact) mass is 140 g/mol. The summed E-state index contributed by atoms with van der Waals surface area (Å²) in [5.74, 6) is 1.67. The summed E-state index contributed by atoms with van der Waals surface area (Å²) in [6, 6.07) is 0. The van der Waals surface area contributed by atoms with Crippen molar-refractivity contribution in [1.82, 2.24) is 0 Å². The van der Waals surface area contributed by atoms with E-state index in [9.17, 15) is 0 Å². The molecule has 56 valence electrons. The van der Waals surface area contributed by atoms with Crippen LogP contribution in [0.5, 0.6) is 0 Å². The molecule has 2 nitrogen and oxygen atoms in total. The van der Waals surface area contributed by atoms with E-state index in [-0.39, 0.29) is 18.8 Å². The molecule has 0 saturated carbocycles. The van der Waals surface area contributed by atoms with E-state index in [4.69, 9.17) is 9.31 Å². The van der Waals surface area contributed by atoms with Gasteiger partial charge in [0.05, 0.1) is 11.7 Å². The predicted molar refractivity (Wildman–Crippen MR) is 41.7 cm³/mol. The Labute approximate surface area is 62.4 Å². The second-order valence-electron chi connectivity index (χ2n) is 3.10. The first-order valence-corrected chi connectivity index (χ1v) is 3.52. The van der Waals surface area contributed by atoms with Gasteiger partial charge in [-0.3, -0.25) is 0 Å². The molecule has 0 radical (unpaired) electrons. The van der Waals surface area contributed by atoms with Crippen molar-refractivity contribution >= 4 is 7.12 Å². The van der Waals surface area contributed by atoms with Gasteiger partial charge in [-0.05, 0) is 20.8 Å². The summed E-state index contributed by atoms with van der Waals surface area (Å²) in [6.45, 7) is 9.63. The van der Waals surface area contributed by atoms with Gasteiger partial charge in [-0.25, -0.2) is 0 Å². The molecule has 3 heteroatoms.